The molecule has 0 saturated carbocycles. The molecule has 0 amide bonds. The molecule has 96 valence electrons. The van der Waals surface area contributed by atoms with Crippen LogP contribution in [-0.2, 0) is 0 Å². The SMILES string of the molecule is Cc1ccc(-c2c(C)oc3nc(C)[nH]c(=O)c23)cc1. The van der Waals surface area contributed by atoms with Crippen molar-refractivity contribution in [1.82, 2.24) is 9.97 Å². The first-order valence-corrected chi connectivity index (χ1v) is 6.13. The maximum absolute atomic E-state index is 12.1. The van der Waals surface area contributed by atoms with Crippen LogP contribution in [0.15, 0.2) is 33.5 Å². The maximum atomic E-state index is 12.1. The molecule has 0 unspecified atom stereocenters. The lowest BCUT2D eigenvalue weighted by Gasteiger charge is -2.00. The first-order chi connectivity index (χ1) is 9.06. The Kier molecular flexibility index (Phi) is 2.52. The molecule has 2 aromatic heterocycles. The average molecular weight is 254 g/mol. The summed E-state index contributed by atoms with van der Waals surface area (Å²) in [6.07, 6.45) is 0. The van der Waals surface area contributed by atoms with Gasteiger partial charge >= 0.3 is 0 Å². The van der Waals surface area contributed by atoms with E-state index in [1.54, 1.807) is 6.92 Å². The van der Waals surface area contributed by atoms with E-state index < -0.39 is 0 Å². The molecule has 1 aromatic carbocycles. The standard InChI is InChI=1S/C15H14N2O2/c1-8-4-6-11(7-5-8)12-9(2)19-15-13(12)14(18)16-10(3)17-15/h4-7H,1-3H3,(H,16,17,18). The molecule has 0 fully saturated rings. The summed E-state index contributed by atoms with van der Waals surface area (Å²) in [5.41, 5.74) is 3.21. The van der Waals surface area contributed by atoms with Crippen molar-refractivity contribution in [3.05, 3.63) is 51.8 Å². The van der Waals surface area contributed by atoms with Gasteiger partial charge in [-0.15, -0.1) is 0 Å². The third kappa shape index (κ3) is 1.85. The molecule has 3 aromatic rings. The average Bonchev–Trinajstić information content (AvgIpc) is 2.66. The lowest BCUT2D eigenvalue weighted by molar-refractivity contribution is 0.567. The van der Waals surface area contributed by atoms with Crippen molar-refractivity contribution in [2.24, 2.45) is 0 Å². The van der Waals surface area contributed by atoms with Crippen molar-refractivity contribution in [3.63, 3.8) is 0 Å². The van der Waals surface area contributed by atoms with Crippen LogP contribution < -0.4 is 5.56 Å². The Bertz CT molecular complexity index is 811. The Balaban J connectivity index is 2.38. The summed E-state index contributed by atoms with van der Waals surface area (Å²) in [6, 6.07) is 8.02. The number of nitrogens with one attached hydrogen (secondary N) is 1. The highest BCUT2D eigenvalue weighted by atomic mass is 16.3. The minimum atomic E-state index is -0.157. The van der Waals surface area contributed by atoms with E-state index in [0.717, 1.165) is 11.1 Å². The fourth-order valence-electron chi connectivity index (χ4n) is 2.29. The van der Waals surface area contributed by atoms with E-state index in [-0.39, 0.29) is 5.56 Å². The Morgan fingerprint density at radius 1 is 1.11 bits per heavy atom. The molecule has 0 bridgehead atoms. The van der Waals surface area contributed by atoms with Crippen LogP contribution in [0.25, 0.3) is 22.2 Å². The lowest BCUT2D eigenvalue weighted by Crippen LogP contribution is -2.09. The van der Waals surface area contributed by atoms with Crippen LogP contribution in [0.3, 0.4) is 0 Å². The second-order valence-electron chi connectivity index (χ2n) is 4.73. The highest BCUT2D eigenvalue weighted by molar-refractivity contribution is 5.93. The van der Waals surface area contributed by atoms with Gasteiger partial charge in [0.15, 0.2) is 0 Å². The second-order valence-corrected chi connectivity index (χ2v) is 4.73. The first kappa shape index (κ1) is 11.7. The van der Waals surface area contributed by atoms with Gasteiger partial charge in [0.25, 0.3) is 5.56 Å². The summed E-state index contributed by atoms with van der Waals surface area (Å²) in [4.78, 5) is 19.1. The molecule has 0 aliphatic carbocycles. The number of aromatic amines is 1. The molecular weight excluding hydrogens is 240 g/mol. The van der Waals surface area contributed by atoms with Crippen molar-refractivity contribution < 1.29 is 4.42 Å². The Labute approximate surface area is 110 Å². The van der Waals surface area contributed by atoms with Crippen LogP contribution in [0.4, 0.5) is 0 Å². The van der Waals surface area contributed by atoms with Gasteiger partial charge in [0.1, 0.15) is 17.0 Å². The maximum Gasteiger partial charge on any atom is 0.262 e. The van der Waals surface area contributed by atoms with Crippen molar-refractivity contribution >= 4 is 11.1 Å². The number of nitrogens with zero attached hydrogens (tertiary/aromatic N) is 1. The summed E-state index contributed by atoms with van der Waals surface area (Å²) < 4.78 is 5.61. The van der Waals surface area contributed by atoms with Crippen molar-refractivity contribution in [3.8, 4) is 11.1 Å². The smallest absolute Gasteiger partial charge is 0.262 e. The Morgan fingerprint density at radius 3 is 2.47 bits per heavy atom. The molecule has 0 aliphatic rings. The number of furan rings is 1. The van der Waals surface area contributed by atoms with Crippen molar-refractivity contribution in [2.45, 2.75) is 20.8 Å². The van der Waals surface area contributed by atoms with E-state index in [9.17, 15) is 4.79 Å². The molecule has 3 rings (SSSR count). The summed E-state index contributed by atoms with van der Waals surface area (Å²) in [7, 11) is 0. The molecule has 0 radical (unpaired) electrons. The highest BCUT2D eigenvalue weighted by Crippen LogP contribution is 2.31. The number of aryl methyl sites for hydroxylation is 3. The van der Waals surface area contributed by atoms with Gasteiger partial charge < -0.3 is 9.40 Å². The van der Waals surface area contributed by atoms with E-state index in [1.165, 1.54) is 5.56 Å². The van der Waals surface area contributed by atoms with Crippen LogP contribution in [0.5, 0.6) is 0 Å². The number of aromatic nitrogens is 2. The van der Waals surface area contributed by atoms with Gasteiger partial charge in [0, 0.05) is 5.56 Å². The van der Waals surface area contributed by atoms with E-state index in [4.69, 9.17) is 4.42 Å². The molecular formula is C15H14N2O2. The van der Waals surface area contributed by atoms with Gasteiger partial charge in [-0.2, -0.15) is 4.98 Å². The van der Waals surface area contributed by atoms with Gasteiger partial charge in [-0.05, 0) is 26.3 Å². The molecule has 2 heterocycles. The molecule has 4 heteroatoms. The minimum absolute atomic E-state index is 0.157. The van der Waals surface area contributed by atoms with Gasteiger partial charge in [-0.25, -0.2) is 0 Å². The van der Waals surface area contributed by atoms with E-state index in [1.807, 2.05) is 38.1 Å². The van der Waals surface area contributed by atoms with Gasteiger partial charge in [0.05, 0.1) is 0 Å². The fourth-order valence-corrected chi connectivity index (χ4v) is 2.29. The first-order valence-electron chi connectivity index (χ1n) is 6.13. The number of fused-ring (bicyclic) bond motifs is 1. The molecule has 1 N–H and O–H groups in total. The molecule has 0 aliphatic heterocycles. The van der Waals surface area contributed by atoms with Gasteiger partial charge in [-0.3, -0.25) is 4.79 Å². The third-order valence-electron chi connectivity index (χ3n) is 3.20. The van der Waals surface area contributed by atoms with Crippen LogP contribution in [-0.4, -0.2) is 9.97 Å². The zero-order valence-electron chi connectivity index (χ0n) is 11.1. The quantitative estimate of drug-likeness (QED) is 0.725. The Morgan fingerprint density at radius 2 is 1.79 bits per heavy atom. The third-order valence-corrected chi connectivity index (χ3v) is 3.20. The zero-order chi connectivity index (χ0) is 13.6. The predicted molar refractivity (Wildman–Crippen MR) is 74.3 cm³/mol. The number of H-pyrrole nitrogens is 1. The monoisotopic (exact) mass is 254 g/mol. The van der Waals surface area contributed by atoms with E-state index in [2.05, 4.69) is 9.97 Å². The van der Waals surface area contributed by atoms with Crippen molar-refractivity contribution in [2.75, 3.05) is 0 Å². The summed E-state index contributed by atoms with van der Waals surface area (Å²) in [5, 5.41) is 0.520. The summed E-state index contributed by atoms with van der Waals surface area (Å²) in [6.45, 7) is 5.62. The van der Waals surface area contributed by atoms with E-state index >= 15 is 0 Å². The molecule has 0 atom stereocenters. The van der Waals surface area contributed by atoms with E-state index in [0.29, 0.717) is 22.7 Å². The normalized spacial score (nSPS) is 11.1. The van der Waals surface area contributed by atoms with Crippen LogP contribution in [0.2, 0.25) is 0 Å². The van der Waals surface area contributed by atoms with Gasteiger partial charge in [-0.1, -0.05) is 29.8 Å². The molecule has 0 saturated heterocycles. The molecule has 19 heavy (non-hydrogen) atoms. The van der Waals surface area contributed by atoms with Gasteiger partial charge in [0.2, 0.25) is 5.71 Å². The zero-order valence-corrected chi connectivity index (χ0v) is 11.1. The number of rotatable bonds is 1. The second kappa shape index (κ2) is 4.09. The van der Waals surface area contributed by atoms with Crippen molar-refractivity contribution in [1.29, 1.82) is 0 Å². The number of hydrogen-bond acceptors (Lipinski definition) is 3. The summed E-state index contributed by atoms with van der Waals surface area (Å²) in [5.74, 6) is 1.27. The van der Waals surface area contributed by atoms with Crippen LogP contribution in [0, 0.1) is 20.8 Å². The molecule has 0 spiro atoms. The van der Waals surface area contributed by atoms with Crippen LogP contribution in [0.1, 0.15) is 17.1 Å². The number of hydrogen-bond donors (Lipinski definition) is 1. The minimum Gasteiger partial charge on any atom is -0.442 e. The topological polar surface area (TPSA) is 58.9 Å². The predicted octanol–water partition coefficient (Wildman–Crippen LogP) is 3.11. The summed E-state index contributed by atoms with van der Waals surface area (Å²) >= 11 is 0. The highest BCUT2D eigenvalue weighted by Gasteiger charge is 2.17. The lowest BCUT2D eigenvalue weighted by atomic mass is 10.0. The number of benzene rings is 1. The van der Waals surface area contributed by atoms with Crippen LogP contribution >= 0.6 is 0 Å². The largest absolute Gasteiger partial charge is 0.442 e. The Hall–Kier alpha value is -2.36. The fraction of sp³-hybridized carbons (Fsp3) is 0.200. The molecule has 4 nitrogen and oxygen atoms in total.